The zero-order chi connectivity index (χ0) is 16.1. The fourth-order valence-electron chi connectivity index (χ4n) is 2.33. The van der Waals surface area contributed by atoms with Gasteiger partial charge in [-0.2, -0.15) is 0 Å². The molecule has 0 bridgehead atoms. The van der Waals surface area contributed by atoms with Crippen molar-refractivity contribution in [2.75, 3.05) is 0 Å². The molecule has 3 aromatic carbocycles. The summed E-state index contributed by atoms with van der Waals surface area (Å²) in [5, 5.41) is 0. The first kappa shape index (κ1) is 15.7. The van der Waals surface area contributed by atoms with Gasteiger partial charge in [0.1, 0.15) is 5.75 Å². The molecule has 2 nitrogen and oxygen atoms in total. The Bertz CT molecular complexity index is 785. The van der Waals surface area contributed by atoms with E-state index in [4.69, 9.17) is 4.74 Å². The summed E-state index contributed by atoms with van der Waals surface area (Å²) in [6.45, 7) is 0. The molecule has 0 radical (unpaired) electrons. The largest absolute Gasteiger partial charge is 0.477 e. The highest BCUT2D eigenvalue weighted by Gasteiger charge is 2.25. The van der Waals surface area contributed by atoms with Crippen LogP contribution in [0.5, 0.6) is 5.75 Å². The summed E-state index contributed by atoms with van der Waals surface area (Å²) in [5.74, 6) is 0.639. The molecular formula is C20H15IO2. The number of carbonyl (C=O) groups is 1. The van der Waals surface area contributed by atoms with Gasteiger partial charge in [0.15, 0.2) is 6.10 Å². The molecule has 0 aliphatic heterocycles. The number of hydrogen-bond acceptors (Lipinski definition) is 2. The Morgan fingerprint density at radius 2 is 1.35 bits per heavy atom. The van der Waals surface area contributed by atoms with Gasteiger partial charge in [0.05, 0.1) is 0 Å². The smallest absolute Gasteiger partial charge is 0.207 e. The summed E-state index contributed by atoms with van der Waals surface area (Å²) in [7, 11) is 0. The van der Waals surface area contributed by atoms with Crippen LogP contribution in [0.1, 0.15) is 22.0 Å². The quantitative estimate of drug-likeness (QED) is 0.419. The van der Waals surface area contributed by atoms with Gasteiger partial charge < -0.3 is 4.74 Å². The summed E-state index contributed by atoms with van der Waals surface area (Å²) in [4.78, 5) is 13.0. The lowest BCUT2D eigenvalue weighted by Crippen LogP contribution is -2.20. The Hall–Kier alpha value is -2.14. The summed E-state index contributed by atoms with van der Waals surface area (Å²) >= 11 is 2.24. The lowest BCUT2D eigenvalue weighted by Gasteiger charge is -2.20. The van der Waals surface area contributed by atoms with Gasteiger partial charge in [0, 0.05) is 14.7 Å². The number of carbonyl (C=O) groups excluding carboxylic acids is 1. The van der Waals surface area contributed by atoms with E-state index in [9.17, 15) is 4.79 Å². The maximum absolute atomic E-state index is 13.0. The van der Waals surface area contributed by atoms with Crippen LogP contribution < -0.4 is 4.74 Å². The fraction of sp³-hybridized carbons (Fsp3) is 0.0500. The molecule has 0 amide bonds. The maximum Gasteiger partial charge on any atom is 0.207 e. The van der Waals surface area contributed by atoms with Crippen LogP contribution in [-0.4, -0.2) is 5.78 Å². The highest BCUT2D eigenvalue weighted by molar-refractivity contribution is 14.1. The Morgan fingerprint density at radius 3 is 2.00 bits per heavy atom. The molecule has 0 aromatic heterocycles. The molecule has 0 saturated heterocycles. The monoisotopic (exact) mass is 414 g/mol. The molecule has 23 heavy (non-hydrogen) atoms. The van der Waals surface area contributed by atoms with Crippen molar-refractivity contribution >= 4 is 28.4 Å². The van der Waals surface area contributed by atoms with Gasteiger partial charge in [-0.25, -0.2) is 0 Å². The van der Waals surface area contributed by atoms with Crippen LogP contribution in [0.15, 0.2) is 84.9 Å². The molecule has 114 valence electrons. The van der Waals surface area contributed by atoms with Crippen LogP contribution in [0.25, 0.3) is 0 Å². The number of ketones is 1. The van der Waals surface area contributed by atoms with E-state index >= 15 is 0 Å². The number of rotatable bonds is 5. The van der Waals surface area contributed by atoms with Crippen molar-refractivity contribution in [3.8, 4) is 5.75 Å². The minimum atomic E-state index is -0.659. The number of hydrogen-bond donors (Lipinski definition) is 0. The minimum absolute atomic E-state index is 0.0430. The summed E-state index contributed by atoms with van der Waals surface area (Å²) < 4.78 is 7.05. The highest BCUT2D eigenvalue weighted by Crippen LogP contribution is 2.28. The summed E-state index contributed by atoms with van der Waals surface area (Å²) in [5.41, 5.74) is 1.53. The van der Waals surface area contributed by atoms with Crippen molar-refractivity contribution in [2.45, 2.75) is 6.10 Å². The third-order valence-corrected chi connectivity index (χ3v) is 4.46. The predicted octanol–water partition coefficient (Wildman–Crippen LogP) is 5.29. The van der Waals surface area contributed by atoms with E-state index in [2.05, 4.69) is 22.6 Å². The SMILES string of the molecule is O=C(c1ccccc1)C(Oc1ccccc1)c1ccccc1I. The number of benzene rings is 3. The third-order valence-electron chi connectivity index (χ3n) is 3.48. The molecule has 0 heterocycles. The molecule has 0 N–H and O–H groups in total. The van der Waals surface area contributed by atoms with Gasteiger partial charge in [-0.1, -0.05) is 66.7 Å². The predicted molar refractivity (Wildman–Crippen MR) is 99.7 cm³/mol. The van der Waals surface area contributed by atoms with Crippen molar-refractivity contribution in [1.82, 2.24) is 0 Å². The Kier molecular flexibility index (Phi) is 5.08. The van der Waals surface area contributed by atoms with Crippen LogP contribution in [-0.2, 0) is 0 Å². The van der Waals surface area contributed by atoms with Crippen molar-refractivity contribution in [2.24, 2.45) is 0 Å². The third kappa shape index (κ3) is 3.79. The van der Waals surface area contributed by atoms with E-state index in [0.717, 1.165) is 9.13 Å². The average Bonchev–Trinajstić information content (AvgIpc) is 2.61. The van der Waals surface area contributed by atoms with Gasteiger partial charge in [0.25, 0.3) is 0 Å². The molecular weight excluding hydrogens is 399 g/mol. The molecule has 1 unspecified atom stereocenters. The second kappa shape index (κ2) is 7.42. The van der Waals surface area contributed by atoms with Gasteiger partial charge in [-0.05, 0) is 40.8 Å². The van der Waals surface area contributed by atoms with Crippen LogP contribution in [0.4, 0.5) is 0 Å². The molecule has 1 atom stereocenters. The Balaban J connectivity index is 2.00. The van der Waals surface area contributed by atoms with Crippen LogP contribution in [0, 0.1) is 3.57 Å². The lowest BCUT2D eigenvalue weighted by molar-refractivity contribution is 0.0791. The van der Waals surface area contributed by atoms with Crippen LogP contribution in [0.3, 0.4) is 0 Å². The molecule has 0 spiro atoms. The lowest BCUT2D eigenvalue weighted by atomic mass is 10.00. The van der Waals surface area contributed by atoms with E-state index in [1.54, 1.807) is 0 Å². The van der Waals surface area contributed by atoms with Crippen molar-refractivity contribution < 1.29 is 9.53 Å². The van der Waals surface area contributed by atoms with Gasteiger partial charge in [-0.3, -0.25) is 4.79 Å². The van der Waals surface area contributed by atoms with Crippen molar-refractivity contribution in [1.29, 1.82) is 0 Å². The van der Waals surface area contributed by atoms with E-state index in [1.165, 1.54) is 0 Å². The van der Waals surface area contributed by atoms with E-state index in [-0.39, 0.29) is 5.78 Å². The number of ether oxygens (including phenoxy) is 1. The van der Waals surface area contributed by atoms with Gasteiger partial charge in [0.2, 0.25) is 5.78 Å². The summed E-state index contributed by atoms with van der Waals surface area (Å²) in [6.07, 6.45) is -0.659. The molecule has 0 saturated carbocycles. The average molecular weight is 414 g/mol. The first-order valence-corrected chi connectivity index (χ1v) is 8.39. The molecule has 3 heteroatoms. The minimum Gasteiger partial charge on any atom is -0.477 e. The Morgan fingerprint density at radius 1 is 0.783 bits per heavy atom. The van der Waals surface area contributed by atoms with Crippen molar-refractivity contribution in [3.63, 3.8) is 0 Å². The molecule has 3 aromatic rings. The molecule has 0 fully saturated rings. The number of halogens is 1. The first-order chi connectivity index (χ1) is 11.3. The second-order valence-corrected chi connectivity index (χ2v) is 6.22. The highest BCUT2D eigenvalue weighted by atomic mass is 127. The van der Waals surface area contributed by atoms with E-state index < -0.39 is 6.10 Å². The molecule has 0 aliphatic carbocycles. The number of para-hydroxylation sites is 1. The maximum atomic E-state index is 13.0. The fourth-order valence-corrected chi connectivity index (χ4v) is 3.01. The van der Waals surface area contributed by atoms with Crippen LogP contribution >= 0.6 is 22.6 Å². The summed E-state index contributed by atoms with van der Waals surface area (Å²) in [6, 6.07) is 26.5. The van der Waals surface area contributed by atoms with Gasteiger partial charge >= 0.3 is 0 Å². The molecule has 3 rings (SSSR count). The standard InChI is InChI=1S/C20H15IO2/c21-18-14-8-7-13-17(18)20(23-16-11-5-2-6-12-16)19(22)15-9-3-1-4-10-15/h1-14,20H. The van der Waals surface area contributed by atoms with Crippen molar-refractivity contribution in [3.05, 3.63) is 99.6 Å². The number of Topliss-reactive ketones (excluding diaryl/α,β-unsaturated/α-hetero) is 1. The molecule has 0 aliphatic rings. The Labute approximate surface area is 149 Å². The normalized spacial score (nSPS) is 11.7. The second-order valence-electron chi connectivity index (χ2n) is 5.06. The van der Waals surface area contributed by atoms with E-state index in [1.807, 2.05) is 84.9 Å². The zero-order valence-electron chi connectivity index (χ0n) is 12.4. The van der Waals surface area contributed by atoms with E-state index in [0.29, 0.717) is 11.3 Å². The zero-order valence-corrected chi connectivity index (χ0v) is 14.5. The van der Waals surface area contributed by atoms with Gasteiger partial charge in [-0.15, -0.1) is 0 Å². The topological polar surface area (TPSA) is 26.3 Å². The van der Waals surface area contributed by atoms with Crippen LogP contribution in [0.2, 0.25) is 0 Å². The first-order valence-electron chi connectivity index (χ1n) is 7.31.